The predicted octanol–water partition coefficient (Wildman–Crippen LogP) is 5.06. The van der Waals surface area contributed by atoms with Crippen LogP contribution in [-0.4, -0.2) is 16.3 Å². The highest BCUT2D eigenvalue weighted by Gasteiger charge is 2.31. The van der Waals surface area contributed by atoms with E-state index < -0.39 is 6.36 Å². The largest absolute Gasteiger partial charge is 0.573 e. The van der Waals surface area contributed by atoms with Crippen LogP contribution in [0.3, 0.4) is 0 Å². The van der Waals surface area contributed by atoms with E-state index in [0.29, 0.717) is 27.7 Å². The van der Waals surface area contributed by atoms with E-state index in [9.17, 15) is 13.2 Å². The molecule has 0 spiro atoms. The van der Waals surface area contributed by atoms with Gasteiger partial charge >= 0.3 is 6.36 Å². The van der Waals surface area contributed by atoms with Crippen molar-refractivity contribution in [1.82, 2.24) is 9.97 Å². The van der Waals surface area contributed by atoms with Crippen LogP contribution in [0, 0.1) is 5.92 Å². The molecule has 1 aliphatic carbocycles. The average Bonchev–Trinajstić information content (AvgIpc) is 3.41. The Morgan fingerprint density at radius 2 is 2.11 bits per heavy atom. The first-order valence-corrected chi connectivity index (χ1v) is 9.07. The number of alkyl halides is 3. The predicted molar refractivity (Wildman–Crippen MR) is 104 cm³/mol. The first-order valence-electron chi connectivity index (χ1n) is 8.28. The monoisotopic (exact) mass is 455 g/mol. The smallest absolute Gasteiger partial charge is 0.406 e. The molecule has 148 valence electrons. The Morgan fingerprint density at radius 3 is 2.79 bits per heavy atom. The molecule has 2 aromatic rings. The van der Waals surface area contributed by atoms with Crippen molar-refractivity contribution in [2.75, 3.05) is 10.6 Å². The number of hydrogen-bond acceptors (Lipinski definition) is 6. The lowest BCUT2D eigenvalue weighted by atomic mass is 10.2. The summed E-state index contributed by atoms with van der Waals surface area (Å²) < 4.78 is 41.6. The lowest BCUT2D eigenvalue weighted by Gasteiger charge is -2.12. The minimum Gasteiger partial charge on any atom is -0.406 e. The molecule has 0 saturated heterocycles. The standard InChI is InChI=1S/C18H17BrF3N5O/c1-10(11-5-6-11)7-15(23)26-16-14(19)9-24-17(27-16)25-12-3-2-4-13(8-12)28-18(20,21)22/h2-4,7-9,11H,1,5-6,23H2,(H2,24,25,26,27)/b15-7+. The second-order valence-corrected chi connectivity index (χ2v) is 7.02. The van der Waals surface area contributed by atoms with Gasteiger partial charge in [0.1, 0.15) is 11.6 Å². The third-order valence-corrected chi connectivity index (χ3v) is 4.35. The van der Waals surface area contributed by atoms with Crippen LogP contribution in [0.2, 0.25) is 0 Å². The quantitative estimate of drug-likeness (QED) is 0.506. The summed E-state index contributed by atoms with van der Waals surface area (Å²) in [5, 5.41) is 5.79. The Hall–Kier alpha value is -2.75. The first kappa shape index (κ1) is 20.0. The number of nitrogens with zero attached hydrogens (tertiary/aromatic N) is 2. The highest BCUT2D eigenvalue weighted by atomic mass is 79.9. The zero-order chi connectivity index (χ0) is 20.3. The normalized spacial score (nSPS) is 14.5. The minimum atomic E-state index is -4.77. The number of allylic oxidation sites excluding steroid dienone is 2. The second-order valence-electron chi connectivity index (χ2n) is 6.16. The molecule has 1 fully saturated rings. The van der Waals surface area contributed by atoms with Crippen molar-refractivity contribution in [2.45, 2.75) is 19.2 Å². The van der Waals surface area contributed by atoms with Crippen LogP contribution in [0.15, 0.2) is 59.0 Å². The summed E-state index contributed by atoms with van der Waals surface area (Å²) in [6, 6.07) is 5.38. The fourth-order valence-corrected chi connectivity index (χ4v) is 2.65. The summed E-state index contributed by atoms with van der Waals surface area (Å²) in [5.41, 5.74) is 7.27. The van der Waals surface area contributed by atoms with E-state index in [2.05, 4.69) is 47.8 Å². The first-order chi connectivity index (χ1) is 13.2. The van der Waals surface area contributed by atoms with Gasteiger partial charge in [-0.05, 0) is 58.5 Å². The average molecular weight is 456 g/mol. The van der Waals surface area contributed by atoms with Gasteiger partial charge in [-0.1, -0.05) is 12.6 Å². The number of rotatable bonds is 7. The molecule has 3 rings (SSSR count). The minimum absolute atomic E-state index is 0.170. The van der Waals surface area contributed by atoms with E-state index in [-0.39, 0.29) is 11.7 Å². The van der Waals surface area contributed by atoms with Crippen LogP contribution >= 0.6 is 15.9 Å². The number of nitrogens with two attached hydrogens (primary N) is 1. The molecule has 1 heterocycles. The molecule has 0 bridgehead atoms. The summed E-state index contributed by atoms with van der Waals surface area (Å²) >= 11 is 3.33. The third-order valence-electron chi connectivity index (χ3n) is 3.77. The summed E-state index contributed by atoms with van der Waals surface area (Å²) in [4.78, 5) is 8.38. The van der Waals surface area contributed by atoms with E-state index in [1.165, 1.54) is 24.4 Å². The Kier molecular flexibility index (Phi) is 5.78. The fourth-order valence-electron chi connectivity index (χ4n) is 2.36. The van der Waals surface area contributed by atoms with Crippen LogP contribution in [0.1, 0.15) is 12.8 Å². The van der Waals surface area contributed by atoms with E-state index in [1.54, 1.807) is 12.1 Å². The van der Waals surface area contributed by atoms with E-state index in [1.807, 2.05) is 0 Å². The highest BCUT2D eigenvalue weighted by molar-refractivity contribution is 9.10. The summed E-state index contributed by atoms with van der Waals surface area (Å²) in [7, 11) is 0. The zero-order valence-corrected chi connectivity index (χ0v) is 16.1. The molecule has 1 aliphatic rings. The number of halogens is 4. The van der Waals surface area contributed by atoms with E-state index in [4.69, 9.17) is 5.73 Å². The number of aromatic nitrogens is 2. The van der Waals surface area contributed by atoms with Gasteiger partial charge in [0.15, 0.2) is 5.82 Å². The Labute approximate surface area is 167 Å². The molecule has 1 saturated carbocycles. The van der Waals surface area contributed by atoms with Crippen molar-refractivity contribution in [1.29, 1.82) is 0 Å². The molecule has 4 N–H and O–H groups in total. The number of ether oxygens (including phenoxy) is 1. The topological polar surface area (TPSA) is 85.1 Å². The molecule has 1 aromatic carbocycles. The maximum atomic E-state index is 12.4. The Morgan fingerprint density at radius 1 is 1.36 bits per heavy atom. The van der Waals surface area contributed by atoms with Crippen molar-refractivity contribution >= 4 is 33.4 Å². The zero-order valence-electron chi connectivity index (χ0n) is 14.6. The van der Waals surface area contributed by atoms with Crippen LogP contribution in [0.25, 0.3) is 0 Å². The summed E-state index contributed by atoms with van der Waals surface area (Å²) in [5.74, 6) is 1.08. The molecule has 0 amide bonds. The fraction of sp³-hybridized carbons (Fsp3) is 0.222. The summed E-state index contributed by atoms with van der Waals surface area (Å²) in [6.07, 6.45) is 0.724. The van der Waals surface area contributed by atoms with Crippen molar-refractivity contribution in [3.8, 4) is 5.75 Å². The van der Waals surface area contributed by atoms with Crippen molar-refractivity contribution < 1.29 is 17.9 Å². The second kappa shape index (κ2) is 8.09. The van der Waals surface area contributed by atoms with E-state index in [0.717, 1.165) is 18.4 Å². The van der Waals surface area contributed by atoms with Crippen molar-refractivity contribution in [3.63, 3.8) is 0 Å². The molecule has 10 heteroatoms. The third kappa shape index (κ3) is 5.88. The van der Waals surface area contributed by atoms with Crippen LogP contribution in [0.5, 0.6) is 5.75 Å². The van der Waals surface area contributed by atoms with Gasteiger partial charge in [-0.2, -0.15) is 4.98 Å². The van der Waals surface area contributed by atoms with Gasteiger partial charge in [-0.25, -0.2) is 4.98 Å². The lowest BCUT2D eigenvalue weighted by molar-refractivity contribution is -0.274. The molecular formula is C18H17BrF3N5O. The van der Waals surface area contributed by atoms with Crippen molar-refractivity contribution in [3.05, 3.63) is 59.0 Å². The Balaban J connectivity index is 1.72. The van der Waals surface area contributed by atoms with Gasteiger partial charge in [-0.15, -0.1) is 13.2 Å². The molecule has 0 atom stereocenters. The van der Waals surface area contributed by atoms with Crippen LogP contribution in [-0.2, 0) is 0 Å². The summed E-state index contributed by atoms with van der Waals surface area (Å²) in [6.45, 7) is 3.98. The van der Waals surface area contributed by atoms with Gasteiger partial charge in [0, 0.05) is 18.0 Å². The highest BCUT2D eigenvalue weighted by Crippen LogP contribution is 2.36. The molecule has 0 unspecified atom stereocenters. The number of benzene rings is 1. The molecular weight excluding hydrogens is 439 g/mol. The van der Waals surface area contributed by atoms with E-state index >= 15 is 0 Å². The molecule has 1 aromatic heterocycles. The SMILES string of the molecule is C=C(/C=C(\N)Nc1nc(Nc2cccc(OC(F)(F)F)c2)ncc1Br)C1CC1. The van der Waals surface area contributed by atoms with Gasteiger partial charge in [0.25, 0.3) is 0 Å². The number of anilines is 3. The van der Waals surface area contributed by atoms with Gasteiger partial charge in [0.05, 0.1) is 4.47 Å². The molecule has 6 nitrogen and oxygen atoms in total. The maximum Gasteiger partial charge on any atom is 0.573 e. The van der Waals surface area contributed by atoms with Crippen LogP contribution < -0.4 is 21.1 Å². The van der Waals surface area contributed by atoms with Crippen molar-refractivity contribution in [2.24, 2.45) is 11.7 Å². The Bertz CT molecular complexity index is 912. The van der Waals surface area contributed by atoms with Gasteiger partial charge < -0.3 is 21.1 Å². The van der Waals surface area contributed by atoms with Gasteiger partial charge in [0.2, 0.25) is 5.95 Å². The molecule has 0 aliphatic heterocycles. The molecule has 0 radical (unpaired) electrons. The number of nitrogens with one attached hydrogen (secondary N) is 2. The molecule has 28 heavy (non-hydrogen) atoms. The maximum absolute atomic E-state index is 12.4. The van der Waals surface area contributed by atoms with Crippen LogP contribution in [0.4, 0.5) is 30.6 Å². The number of hydrogen-bond donors (Lipinski definition) is 3. The lowest BCUT2D eigenvalue weighted by Crippen LogP contribution is -2.17. The van der Waals surface area contributed by atoms with Gasteiger partial charge in [-0.3, -0.25) is 0 Å².